The standard InChI is InChI=1S/C17H18ClNO4S2/c1-24(20,21)15-3-2-4-16(11-15)25(22,23)19-17(12-5-6-12)13-7-9-14(18)10-8-13/h2-4,7-12,17,19H,5-6H2,1H3. The zero-order valence-corrected chi connectivity index (χ0v) is 15.9. The molecule has 25 heavy (non-hydrogen) atoms. The van der Waals surface area contributed by atoms with Crippen molar-refractivity contribution in [1.29, 1.82) is 0 Å². The van der Waals surface area contributed by atoms with Crippen LogP contribution in [0.4, 0.5) is 0 Å². The van der Waals surface area contributed by atoms with E-state index >= 15 is 0 Å². The van der Waals surface area contributed by atoms with Crippen LogP contribution in [0.5, 0.6) is 0 Å². The van der Waals surface area contributed by atoms with Crippen LogP contribution in [0.15, 0.2) is 58.3 Å². The second-order valence-corrected chi connectivity index (χ2v) is 10.4. The van der Waals surface area contributed by atoms with Gasteiger partial charge in [-0.05, 0) is 54.7 Å². The molecule has 0 aliphatic heterocycles. The molecule has 8 heteroatoms. The molecule has 0 spiro atoms. The van der Waals surface area contributed by atoms with Gasteiger partial charge in [0.25, 0.3) is 0 Å². The van der Waals surface area contributed by atoms with Crippen molar-refractivity contribution in [1.82, 2.24) is 4.72 Å². The van der Waals surface area contributed by atoms with E-state index in [0.717, 1.165) is 24.7 Å². The minimum absolute atomic E-state index is 0.0233. The predicted octanol–water partition coefficient (Wildman–Crippen LogP) is 3.17. The predicted molar refractivity (Wildman–Crippen MR) is 96.8 cm³/mol. The maximum Gasteiger partial charge on any atom is 0.241 e. The van der Waals surface area contributed by atoms with Crippen LogP contribution in [0.2, 0.25) is 5.02 Å². The van der Waals surface area contributed by atoms with Crippen LogP contribution in [0.25, 0.3) is 0 Å². The Hall–Kier alpha value is -1.41. The van der Waals surface area contributed by atoms with Crippen LogP contribution in [0.3, 0.4) is 0 Å². The van der Waals surface area contributed by atoms with E-state index in [4.69, 9.17) is 11.6 Å². The Morgan fingerprint density at radius 1 is 1.00 bits per heavy atom. The SMILES string of the molecule is CS(=O)(=O)c1cccc(S(=O)(=O)NC(c2ccc(Cl)cc2)C2CC2)c1. The van der Waals surface area contributed by atoms with E-state index in [2.05, 4.69) is 4.72 Å². The molecule has 0 amide bonds. The Labute approximate surface area is 153 Å². The molecule has 0 saturated heterocycles. The second-order valence-electron chi connectivity index (χ2n) is 6.23. The normalized spacial score (nSPS) is 16.6. The molecule has 1 fully saturated rings. The van der Waals surface area contributed by atoms with Crippen molar-refractivity contribution < 1.29 is 16.8 Å². The van der Waals surface area contributed by atoms with Crippen LogP contribution < -0.4 is 4.72 Å². The lowest BCUT2D eigenvalue weighted by Crippen LogP contribution is -2.30. The molecule has 1 atom stereocenters. The Morgan fingerprint density at radius 3 is 2.16 bits per heavy atom. The summed E-state index contributed by atoms with van der Waals surface area (Å²) in [6, 6.07) is 12.1. The fraction of sp³-hybridized carbons (Fsp3) is 0.294. The monoisotopic (exact) mass is 399 g/mol. The number of sulfone groups is 1. The Balaban J connectivity index is 1.93. The first kappa shape index (κ1) is 18.4. The maximum atomic E-state index is 12.8. The summed E-state index contributed by atoms with van der Waals surface area (Å²) in [6.45, 7) is 0. The average molecular weight is 400 g/mol. The molecule has 0 aromatic heterocycles. The summed E-state index contributed by atoms with van der Waals surface area (Å²) in [6.07, 6.45) is 2.94. The van der Waals surface area contributed by atoms with Crippen molar-refractivity contribution in [3.63, 3.8) is 0 Å². The fourth-order valence-corrected chi connectivity index (χ4v) is 4.85. The van der Waals surface area contributed by atoms with Crippen LogP contribution in [0.1, 0.15) is 24.4 Å². The number of benzene rings is 2. The molecule has 1 unspecified atom stereocenters. The van der Waals surface area contributed by atoms with Crippen molar-refractivity contribution in [2.24, 2.45) is 5.92 Å². The molecule has 0 radical (unpaired) electrons. The first-order valence-electron chi connectivity index (χ1n) is 7.75. The highest BCUT2D eigenvalue weighted by Gasteiger charge is 2.35. The van der Waals surface area contributed by atoms with E-state index in [1.807, 2.05) is 0 Å². The Bertz CT molecular complexity index is 982. The van der Waals surface area contributed by atoms with Crippen LogP contribution in [-0.2, 0) is 19.9 Å². The number of hydrogen-bond acceptors (Lipinski definition) is 4. The van der Waals surface area contributed by atoms with Crippen LogP contribution >= 0.6 is 11.6 Å². The molecule has 1 saturated carbocycles. The van der Waals surface area contributed by atoms with Crippen molar-refractivity contribution in [2.45, 2.75) is 28.7 Å². The molecule has 1 aliphatic rings. The summed E-state index contributed by atoms with van der Waals surface area (Å²) in [5, 5.41) is 0.585. The van der Waals surface area contributed by atoms with E-state index in [0.29, 0.717) is 5.02 Å². The van der Waals surface area contributed by atoms with Gasteiger partial charge in [0.05, 0.1) is 9.79 Å². The van der Waals surface area contributed by atoms with Gasteiger partial charge in [-0.2, -0.15) is 0 Å². The van der Waals surface area contributed by atoms with Gasteiger partial charge >= 0.3 is 0 Å². The molecule has 1 aliphatic carbocycles. The zero-order valence-electron chi connectivity index (χ0n) is 13.5. The van der Waals surface area contributed by atoms with Gasteiger partial charge in [0.1, 0.15) is 0 Å². The van der Waals surface area contributed by atoms with Crippen LogP contribution in [0, 0.1) is 5.92 Å². The first-order valence-corrected chi connectivity index (χ1v) is 11.5. The topological polar surface area (TPSA) is 80.3 Å². The molecule has 0 bridgehead atoms. The van der Waals surface area contributed by atoms with Gasteiger partial charge in [-0.3, -0.25) is 0 Å². The summed E-state index contributed by atoms with van der Waals surface area (Å²) in [7, 11) is -7.33. The molecule has 5 nitrogen and oxygen atoms in total. The van der Waals surface area contributed by atoms with E-state index in [1.165, 1.54) is 24.3 Å². The number of hydrogen-bond donors (Lipinski definition) is 1. The summed E-state index contributed by atoms with van der Waals surface area (Å²) < 4.78 is 51.6. The molecule has 2 aromatic carbocycles. The van der Waals surface area contributed by atoms with Gasteiger partial charge in [-0.1, -0.05) is 29.8 Å². The third-order valence-electron chi connectivity index (χ3n) is 4.15. The Morgan fingerprint density at radius 2 is 1.60 bits per heavy atom. The van der Waals surface area contributed by atoms with Gasteiger partial charge in [0, 0.05) is 17.3 Å². The van der Waals surface area contributed by atoms with Crippen molar-refractivity contribution in [3.05, 3.63) is 59.1 Å². The maximum absolute atomic E-state index is 12.8. The summed E-state index contributed by atoms with van der Waals surface area (Å²) >= 11 is 5.91. The van der Waals surface area contributed by atoms with Gasteiger partial charge in [0.2, 0.25) is 10.0 Å². The number of halogens is 1. The first-order chi connectivity index (χ1) is 11.7. The molecular formula is C17H18ClNO4S2. The van der Waals surface area contributed by atoms with Gasteiger partial charge in [0.15, 0.2) is 9.84 Å². The highest BCUT2D eigenvalue weighted by atomic mass is 35.5. The third kappa shape index (κ3) is 4.41. The van der Waals surface area contributed by atoms with Crippen LogP contribution in [-0.4, -0.2) is 23.1 Å². The zero-order chi connectivity index (χ0) is 18.2. The minimum atomic E-state index is -3.85. The third-order valence-corrected chi connectivity index (χ3v) is 6.95. The molecule has 2 aromatic rings. The largest absolute Gasteiger partial charge is 0.241 e. The fourth-order valence-electron chi connectivity index (χ4n) is 2.64. The number of nitrogens with one attached hydrogen (secondary N) is 1. The van der Waals surface area contributed by atoms with E-state index in [9.17, 15) is 16.8 Å². The quantitative estimate of drug-likeness (QED) is 0.808. The summed E-state index contributed by atoms with van der Waals surface area (Å²) in [5.41, 5.74) is 0.842. The molecule has 0 heterocycles. The minimum Gasteiger partial charge on any atom is -0.224 e. The van der Waals surface area contributed by atoms with Gasteiger partial charge in [-0.15, -0.1) is 0 Å². The number of rotatable bonds is 6. The van der Waals surface area contributed by atoms with Gasteiger partial charge in [-0.25, -0.2) is 21.6 Å². The Kier molecular flexibility index (Phi) is 4.94. The molecule has 1 N–H and O–H groups in total. The molecule has 134 valence electrons. The summed E-state index contributed by atoms with van der Waals surface area (Å²) in [4.78, 5) is -0.0834. The van der Waals surface area contributed by atoms with Gasteiger partial charge < -0.3 is 0 Å². The lowest BCUT2D eigenvalue weighted by molar-refractivity contribution is 0.529. The molecule has 3 rings (SSSR count). The average Bonchev–Trinajstić information content (AvgIpc) is 3.38. The van der Waals surface area contributed by atoms with Crippen molar-refractivity contribution in [3.8, 4) is 0 Å². The van der Waals surface area contributed by atoms with E-state index in [1.54, 1.807) is 24.3 Å². The van der Waals surface area contributed by atoms with Crippen molar-refractivity contribution >= 4 is 31.5 Å². The number of sulfonamides is 1. The molecular weight excluding hydrogens is 382 g/mol. The second kappa shape index (κ2) is 6.72. The highest BCUT2D eigenvalue weighted by Crippen LogP contribution is 2.42. The van der Waals surface area contributed by atoms with Crippen molar-refractivity contribution in [2.75, 3.05) is 6.26 Å². The van der Waals surface area contributed by atoms with E-state index in [-0.39, 0.29) is 21.8 Å². The lowest BCUT2D eigenvalue weighted by atomic mass is 10.0. The highest BCUT2D eigenvalue weighted by molar-refractivity contribution is 7.91. The smallest absolute Gasteiger partial charge is 0.224 e. The van der Waals surface area contributed by atoms with E-state index < -0.39 is 19.9 Å². The lowest BCUT2D eigenvalue weighted by Gasteiger charge is -2.19. The summed E-state index contributed by atoms with van der Waals surface area (Å²) in [5.74, 6) is 0.231.